The molecule has 0 saturated heterocycles. The molecule has 0 aliphatic carbocycles. The van der Waals surface area contributed by atoms with E-state index in [9.17, 15) is 9.18 Å². The number of hydrogen-bond acceptors (Lipinski definition) is 2. The van der Waals surface area contributed by atoms with Crippen molar-refractivity contribution in [2.45, 2.75) is 25.9 Å². The zero-order valence-corrected chi connectivity index (χ0v) is 8.83. The smallest absolute Gasteiger partial charge is 0.237 e. The van der Waals surface area contributed by atoms with E-state index >= 15 is 0 Å². The molecule has 0 radical (unpaired) electrons. The highest BCUT2D eigenvalue weighted by Crippen LogP contribution is 2.13. The average molecular weight is 210 g/mol. The highest BCUT2D eigenvalue weighted by atomic mass is 19.1. The molecule has 1 rings (SSSR count). The summed E-state index contributed by atoms with van der Waals surface area (Å²) in [7, 11) is 0. The van der Waals surface area contributed by atoms with Crippen LogP contribution in [0.4, 0.5) is 4.39 Å². The molecular weight excluding hydrogens is 195 g/mol. The minimum Gasteiger partial charge on any atom is -0.348 e. The fourth-order valence-electron chi connectivity index (χ4n) is 1.20. The molecular formula is C11H15FN2O. The van der Waals surface area contributed by atoms with Gasteiger partial charge in [-0.1, -0.05) is 12.1 Å². The van der Waals surface area contributed by atoms with Crippen molar-refractivity contribution in [2.24, 2.45) is 5.73 Å². The Morgan fingerprint density at radius 1 is 1.47 bits per heavy atom. The number of halogens is 1. The number of benzene rings is 1. The molecule has 1 aromatic rings. The second kappa shape index (κ2) is 4.89. The normalized spacial score (nSPS) is 14.4. The molecule has 0 saturated carbocycles. The van der Waals surface area contributed by atoms with E-state index in [1.807, 2.05) is 0 Å². The Balaban J connectivity index is 2.69. The van der Waals surface area contributed by atoms with Gasteiger partial charge in [0.15, 0.2) is 0 Å². The van der Waals surface area contributed by atoms with Crippen LogP contribution in [-0.2, 0) is 4.79 Å². The highest BCUT2D eigenvalue weighted by Gasteiger charge is 2.12. The molecule has 15 heavy (non-hydrogen) atoms. The minimum atomic E-state index is -0.555. The summed E-state index contributed by atoms with van der Waals surface area (Å²) in [4.78, 5) is 11.3. The second-order valence-corrected chi connectivity index (χ2v) is 3.57. The van der Waals surface area contributed by atoms with Crippen LogP contribution in [0.15, 0.2) is 24.3 Å². The molecule has 1 amide bonds. The van der Waals surface area contributed by atoms with Crippen molar-refractivity contribution < 1.29 is 9.18 Å². The predicted octanol–water partition coefficient (Wildman–Crippen LogP) is 1.35. The zero-order valence-electron chi connectivity index (χ0n) is 8.83. The van der Waals surface area contributed by atoms with Crippen molar-refractivity contribution >= 4 is 5.91 Å². The van der Waals surface area contributed by atoms with E-state index in [0.29, 0.717) is 0 Å². The van der Waals surface area contributed by atoms with Crippen LogP contribution in [0.1, 0.15) is 25.5 Å². The van der Waals surface area contributed by atoms with Gasteiger partial charge in [0.2, 0.25) is 5.91 Å². The Bertz CT molecular complexity index is 352. The van der Waals surface area contributed by atoms with Crippen LogP contribution in [0.2, 0.25) is 0 Å². The maximum Gasteiger partial charge on any atom is 0.237 e. The van der Waals surface area contributed by atoms with E-state index in [1.54, 1.807) is 26.0 Å². The number of rotatable bonds is 3. The van der Waals surface area contributed by atoms with E-state index < -0.39 is 6.04 Å². The van der Waals surface area contributed by atoms with E-state index in [2.05, 4.69) is 5.32 Å². The molecule has 1 aromatic carbocycles. The first-order chi connectivity index (χ1) is 7.00. The summed E-state index contributed by atoms with van der Waals surface area (Å²) in [5.74, 6) is -0.554. The highest BCUT2D eigenvalue weighted by molar-refractivity contribution is 5.81. The Hall–Kier alpha value is -1.42. The summed E-state index contributed by atoms with van der Waals surface area (Å²) in [6.07, 6.45) is 0. The summed E-state index contributed by atoms with van der Waals surface area (Å²) in [6, 6.07) is 5.34. The van der Waals surface area contributed by atoms with Crippen molar-refractivity contribution in [1.82, 2.24) is 5.32 Å². The fourth-order valence-corrected chi connectivity index (χ4v) is 1.20. The van der Waals surface area contributed by atoms with Crippen molar-refractivity contribution in [3.63, 3.8) is 0 Å². The molecule has 3 nitrogen and oxygen atoms in total. The average Bonchev–Trinajstić information content (AvgIpc) is 2.17. The molecule has 0 aliphatic heterocycles. The fraction of sp³-hybridized carbons (Fsp3) is 0.364. The summed E-state index contributed by atoms with van der Waals surface area (Å²) < 4.78 is 12.9. The van der Waals surface area contributed by atoms with Gasteiger partial charge < -0.3 is 11.1 Å². The molecule has 0 aliphatic rings. The van der Waals surface area contributed by atoms with E-state index in [4.69, 9.17) is 5.73 Å². The van der Waals surface area contributed by atoms with Crippen LogP contribution in [0, 0.1) is 5.82 Å². The van der Waals surface area contributed by atoms with Crippen molar-refractivity contribution in [3.8, 4) is 0 Å². The summed E-state index contributed by atoms with van der Waals surface area (Å²) in [5.41, 5.74) is 6.13. The standard InChI is InChI=1S/C11H15FN2O/c1-7(13)11(15)14-8(2)9-4-3-5-10(12)6-9/h3-8H,13H2,1-2H3,(H,14,15)/t7?,8-/m1/s1. The zero-order chi connectivity index (χ0) is 11.4. The van der Waals surface area contributed by atoms with Gasteiger partial charge in [-0.2, -0.15) is 0 Å². The Labute approximate surface area is 88.5 Å². The molecule has 1 unspecified atom stereocenters. The van der Waals surface area contributed by atoms with Gasteiger partial charge in [-0.3, -0.25) is 4.79 Å². The summed E-state index contributed by atoms with van der Waals surface area (Å²) in [5, 5.41) is 2.69. The van der Waals surface area contributed by atoms with Gasteiger partial charge in [0.25, 0.3) is 0 Å². The van der Waals surface area contributed by atoms with Gasteiger partial charge in [0.1, 0.15) is 5.82 Å². The molecule has 0 fully saturated rings. The van der Waals surface area contributed by atoms with Gasteiger partial charge in [-0.05, 0) is 31.5 Å². The number of nitrogens with two attached hydrogens (primary N) is 1. The first kappa shape index (κ1) is 11.7. The molecule has 0 heterocycles. The van der Waals surface area contributed by atoms with E-state index in [0.717, 1.165) is 5.56 Å². The van der Waals surface area contributed by atoms with Gasteiger partial charge in [0, 0.05) is 0 Å². The van der Waals surface area contributed by atoms with Crippen LogP contribution < -0.4 is 11.1 Å². The van der Waals surface area contributed by atoms with Crippen molar-refractivity contribution in [3.05, 3.63) is 35.6 Å². The Morgan fingerprint density at radius 2 is 2.13 bits per heavy atom. The van der Waals surface area contributed by atoms with Gasteiger partial charge in [0.05, 0.1) is 12.1 Å². The predicted molar refractivity (Wildman–Crippen MR) is 56.6 cm³/mol. The molecule has 0 bridgehead atoms. The van der Waals surface area contributed by atoms with Gasteiger partial charge in [-0.25, -0.2) is 4.39 Å². The van der Waals surface area contributed by atoms with Crippen molar-refractivity contribution in [2.75, 3.05) is 0 Å². The maximum atomic E-state index is 12.9. The van der Waals surface area contributed by atoms with Crippen LogP contribution in [-0.4, -0.2) is 11.9 Å². The molecule has 0 spiro atoms. The molecule has 0 aromatic heterocycles. The number of carbonyl (C=O) groups excluding carboxylic acids is 1. The summed E-state index contributed by atoms with van der Waals surface area (Å²) >= 11 is 0. The minimum absolute atomic E-state index is 0.237. The van der Waals surface area contributed by atoms with Gasteiger partial charge >= 0.3 is 0 Å². The van der Waals surface area contributed by atoms with Crippen molar-refractivity contribution in [1.29, 1.82) is 0 Å². The van der Waals surface area contributed by atoms with Gasteiger partial charge in [-0.15, -0.1) is 0 Å². The summed E-state index contributed by atoms with van der Waals surface area (Å²) in [6.45, 7) is 3.39. The SMILES string of the molecule is CC(N)C(=O)N[C@H](C)c1cccc(F)c1. The lowest BCUT2D eigenvalue weighted by Crippen LogP contribution is -2.39. The first-order valence-electron chi connectivity index (χ1n) is 4.82. The van der Waals surface area contributed by atoms with E-state index in [-0.39, 0.29) is 17.8 Å². The number of carbonyl (C=O) groups is 1. The third-order valence-corrected chi connectivity index (χ3v) is 2.12. The lowest BCUT2D eigenvalue weighted by Gasteiger charge is -2.15. The molecule has 2 atom stereocenters. The quantitative estimate of drug-likeness (QED) is 0.791. The number of hydrogen-bond donors (Lipinski definition) is 2. The second-order valence-electron chi connectivity index (χ2n) is 3.57. The Morgan fingerprint density at radius 3 is 2.67 bits per heavy atom. The molecule has 4 heteroatoms. The monoisotopic (exact) mass is 210 g/mol. The third-order valence-electron chi connectivity index (χ3n) is 2.12. The lowest BCUT2D eigenvalue weighted by molar-refractivity contribution is -0.122. The lowest BCUT2D eigenvalue weighted by atomic mass is 10.1. The number of amides is 1. The van der Waals surface area contributed by atoms with Crippen LogP contribution in [0.3, 0.4) is 0 Å². The third kappa shape index (κ3) is 3.32. The first-order valence-corrected chi connectivity index (χ1v) is 4.82. The molecule has 82 valence electrons. The van der Waals surface area contributed by atoms with Crippen LogP contribution in [0.5, 0.6) is 0 Å². The topological polar surface area (TPSA) is 55.1 Å². The van der Waals surface area contributed by atoms with Crippen LogP contribution in [0.25, 0.3) is 0 Å². The van der Waals surface area contributed by atoms with Crippen LogP contribution >= 0.6 is 0 Å². The largest absolute Gasteiger partial charge is 0.348 e. The Kier molecular flexibility index (Phi) is 3.80. The molecule has 3 N–H and O–H groups in total. The number of nitrogens with one attached hydrogen (secondary N) is 1. The van der Waals surface area contributed by atoms with E-state index in [1.165, 1.54) is 12.1 Å². The maximum absolute atomic E-state index is 12.9.